The van der Waals surface area contributed by atoms with Crippen molar-refractivity contribution >= 4 is 11.6 Å². The van der Waals surface area contributed by atoms with Crippen molar-refractivity contribution in [3.63, 3.8) is 0 Å². The molecule has 0 radical (unpaired) electrons. The summed E-state index contributed by atoms with van der Waals surface area (Å²) < 4.78 is 5.65. The van der Waals surface area contributed by atoms with Gasteiger partial charge in [0, 0.05) is 11.8 Å². The number of carbonyl (C=O) groups is 1. The molecular formula is C14H19N5O2. The van der Waals surface area contributed by atoms with Crippen LogP contribution < -0.4 is 10.1 Å². The zero-order chi connectivity index (χ0) is 15.2. The van der Waals surface area contributed by atoms with E-state index in [2.05, 4.69) is 34.6 Å². The highest BCUT2D eigenvalue weighted by atomic mass is 16.5. The summed E-state index contributed by atoms with van der Waals surface area (Å²) in [5.74, 6) is 0.947. The van der Waals surface area contributed by atoms with E-state index in [0.717, 1.165) is 12.2 Å². The van der Waals surface area contributed by atoms with Crippen LogP contribution in [-0.4, -0.2) is 32.7 Å². The number of benzene rings is 1. The summed E-state index contributed by atoms with van der Waals surface area (Å²) in [5.41, 5.74) is 0.634. The molecule has 0 bridgehead atoms. The molecule has 0 aliphatic heterocycles. The zero-order valence-corrected chi connectivity index (χ0v) is 12.4. The molecule has 0 fully saturated rings. The van der Waals surface area contributed by atoms with Crippen molar-refractivity contribution in [1.29, 1.82) is 0 Å². The predicted molar refractivity (Wildman–Crippen MR) is 78.1 cm³/mol. The minimum Gasteiger partial charge on any atom is -0.494 e. The summed E-state index contributed by atoms with van der Waals surface area (Å²) in [4.78, 5) is 13.1. The molecule has 1 aromatic heterocycles. The first-order valence-electron chi connectivity index (χ1n) is 6.83. The minimum absolute atomic E-state index is 0.0311. The Labute approximate surface area is 123 Å². The Morgan fingerprint density at radius 2 is 2.24 bits per heavy atom. The number of hydrogen-bond donors (Lipinski definition) is 1. The number of carbonyl (C=O) groups excluding carboxylic acids is 1. The predicted octanol–water partition coefficient (Wildman–Crippen LogP) is 1.89. The fourth-order valence-electron chi connectivity index (χ4n) is 1.64. The Balaban J connectivity index is 1.96. The number of hydrogen-bond acceptors (Lipinski definition) is 5. The van der Waals surface area contributed by atoms with Gasteiger partial charge < -0.3 is 10.1 Å². The molecule has 1 aromatic carbocycles. The van der Waals surface area contributed by atoms with Gasteiger partial charge in [-0.2, -0.15) is 4.80 Å². The van der Waals surface area contributed by atoms with Gasteiger partial charge in [-0.25, -0.2) is 0 Å². The number of amides is 1. The van der Waals surface area contributed by atoms with Crippen molar-refractivity contribution in [3.8, 4) is 5.75 Å². The van der Waals surface area contributed by atoms with Gasteiger partial charge in [-0.3, -0.25) is 4.79 Å². The summed E-state index contributed by atoms with van der Waals surface area (Å²) in [6.45, 7) is 4.95. The Bertz CT molecular complexity index is 609. The number of nitrogens with one attached hydrogen (secondary N) is 1. The van der Waals surface area contributed by atoms with Crippen LogP contribution in [0.4, 0.5) is 5.69 Å². The maximum absolute atomic E-state index is 11.9. The van der Waals surface area contributed by atoms with E-state index in [1.165, 1.54) is 4.80 Å². The molecule has 112 valence electrons. The average Bonchev–Trinajstić information content (AvgIpc) is 2.85. The number of rotatable bonds is 6. The fraction of sp³-hybridized carbons (Fsp3) is 0.429. The quantitative estimate of drug-likeness (QED) is 0.878. The van der Waals surface area contributed by atoms with Gasteiger partial charge in [0.15, 0.2) is 0 Å². The molecule has 7 nitrogen and oxygen atoms in total. The summed E-state index contributed by atoms with van der Waals surface area (Å²) >= 11 is 0. The van der Waals surface area contributed by atoms with Crippen LogP contribution in [0.25, 0.3) is 0 Å². The lowest BCUT2D eigenvalue weighted by Gasteiger charge is -2.09. The molecule has 0 saturated heterocycles. The van der Waals surface area contributed by atoms with Crippen molar-refractivity contribution in [2.45, 2.75) is 20.3 Å². The van der Waals surface area contributed by atoms with E-state index in [0.29, 0.717) is 18.2 Å². The average molecular weight is 289 g/mol. The minimum atomic E-state index is -0.401. The topological polar surface area (TPSA) is 81.9 Å². The molecule has 0 aliphatic carbocycles. The molecule has 2 rings (SSSR count). The summed E-state index contributed by atoms with van der Waals surface area (Å²) in [5, 5.41) is 13.8. The largest absolute Gasteiger partial charge is 0.494 e. The lowest BCUT2D eigenvalue weighted by Crippen LogP contribution is -2.14. The molecule has 0 spiro atoms. The Hall–Kier alpha value is -2.44. The van der Waals surface area contributed by atoms with Crippen LogP contribution >= 0.6 is 0 Å². The molecule has 0 saturated carbocycles. The smallest absolute Gasteiger partial charge is 0.297 e. The highest BCUT2D eigenvalue weighted by molar-refractivity contribution is 6.01. The van der Waals surface area contributed by atoms with Gasteiger partial charge in [0.2, 0.25) is 0 Å². The Morgan fingerprint density at radius 3 is 2.90 bits per heavy atom. The maximum Gasteiger partial charge on any atom is 0.297 e. The summed E-state index contributed by atoms with van der Waals surface area (Å²) in [6.07, 6.45) is 0.986. The lowest BCUT2D eigenvalue weighted by atomic mass is 10.1. The van der Waals surface area contributed by atoms with Crippen LogP contribution in [0, 0.1) is 5.92 Å². The van der Waals surface area contributed by atoms with Gasteiger partial charge in [-0.1, -0.05) is 19.9 Å². The highest BCUT2D eigenvalue weighted by Gasteiger charge is 2.12. The van der Waals surface area contributed by atoms with Gasteiger partial charge in [0.05, 0.1) is 13.7 Å². The van der Waals surface area contributed by atoms with Gasteiger partial charge in [0.1, 0.15) is 5.75 Å². The van der Waals surface area contributed by atoms with Gasteiger partial charge in [-0.15, -0.1) is 10.2 Å². The molecule has 0 atom stereocenters. The lowest BCUT2D eigenvalue weighted by molar-refractivity contribution is 0.101. The monoisotopic (exact) mass is 289 g/mol. The van der Waals surface area contributed by atoms with E-state index in [1.807, 2.05) is 12.1 Å². The second kappa shape index (κ2) is 6.83. The van der Waals surface area contributed by atoms with E-state index < -0.39 is 5.91 Å². The number of anilines is 1. The number of nitrogens with zero attached hydrogens (tertiary/aromatic N) is 4. The van der Waals surface area contributed by atoms with E-state index in [-0.39, 0.29) is 5.82 Å². The van der Waals surface area contributed by atoms with E-state index in [9.17, 15) is 4.79 Å². The third-order valence-corrected chi connectivity index (χ3v) is 2.77. The van der Waals surface area contributed by atoms with Gasteiger partial charge in [0.25, 0.3) is 11.7 Å². The standard InChI is InChI=1S/C14H19N5O2/c1-10(2)7-8-21-12-6-4-5-11(9-12)15-14(20)13-16-18-19(3)17-13/h4-6,9-10H,7-8H2,1-3H3,(H,15,20). The molecule has 2 aromatic rings. The molecule has 1 heterocycles. The van der Waals surface area contributed by atoms with Gasteiger partial charge >= 0.3 is 0 Å². The van der Waals surface area contributed by atoms with Crippen molar-refractivity contribution in [2.75, 3.05) is 11.9 Å². The first-order chi connectivity index (χ1) is 10.0. The van der Waals surface area contributed by atoms with Crippen molar-refractivity contribution < 1.29 is 9.53 Å². The van der Waals surface area contributed by atoms with Crippen LogP contribution in [-0.2, 0) is 7.05 Å². The second-order valence-corrected chi connectivity index (χ2v) is 5.12. The van der Waals surface area contributed by atoms with E-state index >= 15 is 0 Å². The SMILES string of the molecule is CC(C)CCOc1cccc(NC(=O)c2nnn(C)n2)c1. The van der Waals surface area contributed by atoms with Crippen LogP contribution in [0.1, 0.15) is 30.9 Å². The van der Waals surface area contributed by atoms with Crippen LogP contribution in [0.15, 0.2) is 24.3 Å². The number of aromatic nitrogens is 4. The molecular weight excluding hydrogens is 270 g/mol. The Morgan fingerprint density at radius 1 is 1.43 bits per heavy atom. The van der Waals surface area contributed by atoms with E-state index in [1.54, 1.807) is 19.2 Å². The van der Waals surface area contributed by atoms with Crippen LogP contribution in [0.5, 0.6) is 5.75 Å². The molecule has 1 N–H and O–H groups in total. The van der Waals surface area contributed by atoms with E-state index in [4.69, 9.17) is 4.74 Å². The maximum atomic E-state index is 11.9. The van der Waals surface area contributed by atoms with Crippen molar-refractivity contribution in [3.05, 3.63) is 30.1 Å². The summed E-state index contributed by atoms with van der Waals surface area (Å²) in [7, 11) is 1.60. The molecule has 0 aliphatic rings. The molecule has 0 unspecified atom stereocenters. The zero-order valence-electron chi connectivity index (χ0n) is 12.4. The first kappa shape index (κ1) is 15.0. The van der Waals surface area contributed by atoms with Gasteiger partial charge in [-0.05, 0) is 29.7 Å². The van der Waals surface area contributed by atoms with Crippen LogP contribution in [0.3, 0.4) is 0 Å². The molecule has 1 amide bonds. The van der Waals surface area contributed by atoms with Crippen LogP contribution in [0.2, 0.25) is 0 Å². The number of ether oxygens (including phenoxy) is 1. The number of aryl methyl sites for hydroxylation is 1. The Kier molecular flexibility index (Phi) is 4.86. The fourth-order valence-corrected chi connectivity index (χ4v) is 1.64. The second-order valence-electron chi connectivity index (χ2n) is 5.12. The third-order valence-electron chi connectivity index (χ3n) is 2.77. The normalized spacial score (nSPS) is 10.7. The van der Waals surface area contributed by atoms with Crippen molar-refractivity contribution in [2.24, 2.45) is 13.0 Å². The van der Waals surface area contributed by atoms with Crippen molar-refractivity contribution in [1.82, 2.24) is 20.2 Å². The molecule has 7 heteroatoms. The molecule has 21 heavy (non-hydrogen) atoms. The number of tetrazole rings is 1. The summed E-state index contributed by atoms with van der Waals surface area (Å²) in [6, 6.07) is 7.24. The highest BCUT2D eigenvalue weighted by Crippen LogP contribution is 2.18. The first-order valence-corrected chi connectivity index (χ1v) is 6.83. The third kappa shape index (κ3) is 4.55.